The molecule has 0 aliphatic carbocycles. The van der Waals surface area contributed by atoms with Gasteiger partial charge in [0.2, 0.25) is 11.8 Å². The van der Waals surface area contributed by atoms with Gasteiger partial charge in [-0.25, -0.2) is 8.42 Å². The number of carbonyl (C=O) groups excluding carboxylic acids is 2. The van der Waals surface area contributed by atoms with Crippen molar-refractivity contribution in [2.24, 2.45) is 0 Å². The summed E-state index contributed by atoms with van der Waals surface area (Å²) in [5.41, 5.74) is 2.12. The number of hydrogen-bond acceptors (Lipinski definition) is 7. The van der Waals surface area contributed by atoms with E-state index in [9.17, 15) is 18.0 Å². The van der Waals surface area contributed by atoms with Crippen molar-refractivity contribution >= 4 is 50.5 Å². The predicted molar refractivity (Wildman–Crippen MR) is 153 cm³/mol. The van der Waals surface area contributed by atoms with Crippen molar-refractivity contribution < 1.29 is 32.2 Å². The van der Waals surface area contributed by atoms with E-state index in [0.717, 1.165) is 22.0 Å². The molecule has 1 aliphatic rings. The number of rotatable bonds is 10. The first kappa shape index (κ1) is 29.0. The normalized spacial score (nSPS) is 13.2. The van der Waals surface area contributed by atoms with Gasteiger partial charge in [0.1, 0.15) is 12.3 Å². The van der Waals surface area contributed by atoms with E-state index in [0.29, 0.717) is 24.4 Å². The Labute approximate surface area is 238 Å². The maximum Gasteiger partial charge on any atom is 0.265 e. The van der Waals surface area contributed by atoms with Crippen molar-refractivity contribution in [3.63, 3.8) is 0 Å². The highest BCUT2D eigenvalue weighted by atomic mass is 35.5. The van der Waals surface area contributed by atoms with Crippen LogP contribution in [-0.2, 0) is 19.6 Å². The van der Waals surface area contributed by atoms with E-state index < -0.39 is 22.5 Å². The number of ether oxygens (including phenoxy) is 3. The van der Waals surface area contributed by atoms with Crippen molar-refractivity contribution in [2.75, 3.05) is 48.9 Å². The molecule has 1 heterocycles. The van der Waals surface area contributed by atoms with Crippen LogP contribution in [-0.4, -0.2) is 54.7 Å². The van der Waals surface area contributed by atoms with Gasteiger partial charge in [0.05, 0.1) is 31.9 Å². The zero-order chi connectivity index (χ0) is 29.0. The Kier molecular flexibility index (Phi) is 8.75. The maximum atomic E-state index is 14.0. The minimum absolute atomic E-state index is 0.0614. The molecule has 0 atom stereocenters. The van der Waals surface area contributed by atoms with Gasteiger partial charge in [-0.1, -0.05) is 11.6 Å². The van der Waals surface area contributed by atoms with Crippen LogP contribution in [0.5, 0.6) is 17.2 Å². The number of anilines is 3. The molecule has 0 bridgehead atoms. The van der Waals surface area contributed by atoms with Crippen molar-refractivity contribution in [2.45, 2.75) is 24.7 Å². The van der Waals surface area contributed by atoms with Crippen LogP contribution in [0, 0.1) is 6.92 Å². The third-order valence-electron chi connectivity index (χ3n) is 6.48. The molecule has 3 aromatic carbocycles. The lowest BCUT2D eigenvalue weighted by atomic mass is 10.1. The fraction of sp³-hybridized carbons (Fsp3) is 0.286. The number of sulfonamides is 1. The summed E-state index contributed by atoms with van der Waals surface area (Å²) in [6.45, 7) is 1.91. The largest absolute Gasteiger partial charge is 0.495 e. The fourth-order valence-corrected chi connectivity index (χ4v) is 6.14. The summed E-state index contributed by atoms with van der Waals surface area (Å²) in [6.07, 6.45) is 1.31. The lowest BCUT2D eigenvalue weighted by Gasteiger charge is -2.26. The third-order valence-corrected chi connectivity index (χ3v) is 8.48. The van der Waals surface area contributed by atoms with Gasteiger partial charge in [-0.2, -0.15) is 0 Å². The molecular weight excluding hydrogens is 558 g/mol. The van der Waals surface area contributed by atoms with E-state index in [4.69, 9.17) is 25.8 Å². The zero-order valence-corrected chi connectivity index (χ0v) is 24.1. The number of hydrogen-bond donors (Lipinski definition) is 1. The Morgan fingerprint density at radius 1 is 0.975 bits per heavy atom. The Hall–Kier alpha value is -3.96. The molecule has 0 aromatic heterocycles. The quantitative estimate of drug-likeness (QED) is 0.368. The molecule has 0 radical (unpaired) electrons. The predicted octanol–water partition coefficient (Wildman–Crippen LogP) is 4.64. The first-order valence-electron chi connectivity index (χ1n) is 12.4. The van der Waals surface area contributed by atoms with Crippen LogP contribution >= 0.6 is 11.6 Å². The summed E-state index contributed by atoms with van der Waals surface area (Å²) in [7, 11) is -0.0976. The number of nitrogens with one attached hydrogen (secondary N) is 1. The topological polar surface area (TPSA) is 114 Å². The van der Waals surface area contributed by atoms with E-state index in [-0.39, 0.29) is 33.0 Å². The number of nitrogens with zero attached hydrogens (tertiary/aromatic N) is 2. The lowest BCUT2D eigenvalue weighted by molar-refractivity contribution is -0.117. The van der Waals surface area contributed by atoms with Gasteiger partial charge < -0.3 is 24.4 Å². The summed E-state index contributed by atoms with van der Waals surface area (Å²) in [5.74, 6) is 0.220. The molecule has 10 nitrogen and oxygen atoms in total. The summed E-state index contributed by atoms with van der Waals surface area (Å²) in [5, 5.41) is 3.02. The molecule has 1 aliphatic heterocycles. The first-order chi connectivity index (χ1) is 19.1. The molecule has 12 heteroatoms. The number of methoxy groups -OCH3 is 3. The van der Waals surface area contributed by atoms with E-state index in [1.807, 2.05) is 6.92 Å². The molecular formula is C28H30ClN3O7S. The van der Waals surface area contributed by atoms with Crippen molar-refractivity contribution in [1.29, 1.82) is 0 Å². The van der Waals surface area contributed by atoms with E-state index in [2.05, 4.69) is 5.32 Å². The second kappa shape index (κ2) is 12.1. The van der Waals surface area contributed by atoms with Gasteiger partial charge >= 0.3 is 0 Å². The molecule has 2 amide bonds. The van der Waals surface area contributed by atoms with Crippen LogP contribution in [0.15, 0.2) is 59.5 Å². The van der Waals surface area contributed by atoms with Crippen LogP contribution in [0.3, 0.4) is 0 Å². The second-order valence-electron chi connectivity index (χ2n) is 9.04. The Bertz CT molecular complexity index is 1540. The average Bonchev–Trinajstić information content (AvgIpc) is 3.36. The number of amides is 2. The number of aryl methyl sites for hydroxylation is 1. The van der Waals surface area contributed by atoms with E-state index >= 15 is 0 Å². The van der Waals surface area contributed by atoms with Crippen molar-refractivity contribution in [1.82, 2.24) is 0 Å². The van der Waals surface area contributed by atoms with Crippen LogP contribution in [0.4, 0.5) is 17.1 Å². The summed E-state index contributed by atoms with van der Waals surface area (Å²) in [6, 6.07) is 13.8. The summed E-state index contributed by atoms with van der Waals surface area (Å²) in [4.78, 5) is 27.1. The highest BCUT2D eigenvalue weighted by Gasteiger charge is 2.31. The van der Waals surface area contributed by atoms with Crippen LogP contribution < -0.4 is 28.7 Å². The van der Waals surface area contributed by atoms with Crippen molar-refractivity contribution in [3.8, 4) is 17.2 Å². The minimum Gasteiger partial charge on any atom is -0.495 e. The molecule has 1 fully saturated rings. The van der Waals surface area contributed by atoms with Gasteiger partial charge in [0, 0.05) is 35.4 Å². The molecule has 0 spiro atoms. The van der Waals surface area contributed by atoms with Gasteiger partial charge in [-0.3, -0.25) is 13.9 Å². The van der Waals surface area contributed by atoms with Crippen LogP contribution in [0.1, 0.15) is 18.4 Å². The Balaban J connectivity index is 1.68. The molecule has 0 saturated carbocycles. The molecule has 0 unspecified atom stereocenters. The van der Waals surface area contributed by atoms with Crippen LogP contribution in [0.2, 0.25) is 5.02 Å². The number of carbonyl (C=O) groups is 2. The average molecular weight is 588 g/mol. The SMILES string of the molecule is COc1ccc(S(=O)(=O)N(CC(=O)Nc2ccc(N3CCCC3=O)c(C)c2)c2cc(Cl)ccc2OC)cc1OC. The molecule has 40 heavy (non-hydrogen) atoms. The van der Waals surface area contributed by atoms with Gasteiger partial charge in [-0.05, 0) is 67.4 Å². The van der Waals surface area contributed by atoms with Gasteiger partial charge in [0.15, 0.2) is 11.5 Å². The number of benzene rings is 3. The summed E-state index contributed by atoms with van der Waals surface area (Å²) < 4.78 is 44.8. The fourth-order valence-electron chi connectivity index (χ4n) is 4.53. The molecule has 3 aromatic rings. The Morgan fingerprint density at radius 3 is 2.30 bits per heavy atom. The van der Waals surface area contributed by atoms with Gasteiger partial charge in [0.25, 0.3) is 10.0 Å². The molecule has 1 N–H and O–H groups in total. The van der Waals surface area contributed by atoms with E-state index in [1.165, 1.54) is 51.7 Å². The molecule has 4 rings (SSSR count). The zero-order valence-electron chi connectivity index (χ0n) is 22.6. The lowest BCUT2D eigenvalue weighted by Crippen LogP contribution is -2.38. The maximum absolute atomic E-state index is 14.0. The van der Waals surface area contributed by atoms with Crippen molar-refractivity contribution in [3.05, 3.63) is 65.2 Å². The highest BCUT2D eigenvalue weighted by Crippen LogP contribution is 2.37. The van der Waals surface area contributed by atoms with E-state index in [1.54, 1.807) is 29.2 Å². The number of halogens is 1. The minimum atomic E-state index is -4.33. The summed E-state index contributed by atoms with van der Waals surface area (Å²) >= 11 is 6.22. The van der Waals surface area contributed by atoms with Gasteiger partial charge in [-0.15, -0.1) is 0 Å². The monoisotopic (exact) mass is 587 g/mol. The third kappa shape index (κ3) is 5.95. The van der Waals surface area contributed by atoms with Crippen LogP contribution in [0.25, 0.3) is 0 Å². The Morgan fingerprint density at radius 2 is 1.68 bits per heavy atom. The smallest absolute Gasteiger partial charge is 0.265 e. The molecule has 212 valence electrons. The molecule has 1 saturated heterocycles. The second-order valence-corrected chi connectivity index (χ2v) is 11.3. The first-order valence-corrected chi connectivity index (χ1v) is 14.2. The highest BCUT2D eigenvalue weighted by molar-refractivity contribution is 7.92. The standard InChI is InChI=1S/C28H30ClN3O7S/c1-18-14-20(8-10-22(18)31-13-5-6-28(31)34)30-27(33)17-32(23-15-19(29)7-11-24(23)37-2)40(35,36)21-9-12-25(38-3)26(16-21)39-4/h7-12,14-16H,5-6,13,17H2,1-4H3,(H,30,33).